The molecule has 0 saturated carbocycles. The van der Waals surface area contributed by atoms with Gasteiger partial charge < -0.3 is 5.32 Å². The fourth-order valence-corrected chi connectivity index (χ4v) is 2.49. The summed E-state index contributed by atoms with van der Waals surface area (Å²) in [6, 6.07) is 11.3. The Morgan fingerprint density at radius 1 is 1.32 bits per heavy atom. The highest BCUT2D eigenvalue weighted by Crippen LogP contribution is 2.18. The zero-order chi connectivity index (χ0) is 16.2. The van der Waals surface area contributed by atoms with Gasteiger partial charge >= 0.3 is 0 Å². The van der Waals surface area contributed by atoms with Crippen LogP contribution in [-0.4, -0.2) is 30.2 Å². The number of hydrogen-bond donors (Lipinski definition) is 1. The number of anilines is 1. The molecular formula is C15H18N4O2S. The number of aromatic nitrogens is 2. The second-order valence-corrected chi connectivity index (χ2v) is 7.45. The molecule has 0 aliphatic carbocycles. The normalized spacial score (nSPS) is 12.6. The molecule has 1 heterocycles. The lowest BCUT2D eigenvalue weighted by Crippen LogP contribution is -2.12. The molecule has 0 spiro atoms. The summed E-state index contributed by atoms with van der Waals surface area (Å²) in [5.41, 5.74) is 1.67. The van der Waals surface area contributed by atoms with Crippen LogP contribution in [0.1, 0.15) is 24.1 Å². The van der Waals surface area contributed by atoms with Crippen molar-refractivity contribution in [1.29, 1.82) is 5.26 Å². The minimum Gasteiger partial charge on any atom is -0.362 e. The quantitative estimate of drug-likeness (QED) is 0.880. The molecule has 2 rings (SSSR count). The van der Waals surface area contributed by atoms with Crippen LogP contribution in [0.25, 0.3) is 0 Å². The van der Waals surface area contributed by atoms with E-state index in [1.54, 1.807) is 23.0 Å². The SMILES string of the molecule is C[C@@H](Nc1ccn(CCS(C)(=O)=O)n1)c1ccc(C#N)cc1. The predicted octanol–water partition coefficient (Wildman–Crippen LogP) is 1.97. The van der Waals surface area contributed by atoms with Gasteiger partial charge in [-0.1, -0.05) is 12.1 Å². The predicted molar refractivity (Wildman–Crippen MR) is 85.1 cm³/mol. The number of nitrogens with one attached hydrogen (secondary N) is 1. The van der Waals surface area contributed by atoms with Crippen molar-refractivity contribution in [1.82, 2.24) is 9.78 Å². The van der Waals surface area contributed by atoms with Crippen molar-refractivity contribution >= 4 is 15.7 Å². The minimum atomic E-state index is -2.99. The van der Waals surface area contributed by atoms with Gasteiger partial charge in [-0.05, 0) is 24.6 Å². The number of aryl methyl sites for hydroxylation is 1. The molecule has 1 aromatic carbocycles. The van der Waals surface area contributed by atoms with E-state index in [2.05, 4.69) is 16.5 Å². The van der Waals surface area contributed by atoms with E-state index in [9.17, 15) is 8.42 Å². The van der Waals surface area contributed by atoms with Crippen LogP contribution in [0.15, 0.2) is 36.5 Å². The number of nitrogens with zero attached hydrogens (tertiary/aromatic N) is 3. The molecule has 22 heavy (non-hydrogen) atoms. The first kappa shape index (κ1) is 16.0. The third kappa shape index (κ3) is 4.60. The van der Waals surface area contributed by atoms with Crippen LogP contribution in [0.4, 0.5) is 5.82 Å². The summed E-state index contributed by atoms with van der Waals surface area (Å²) >= 11 is 0. The first-order valence-corrected chi connectivity index (χ1v) is 8.91. The number of sulfone groups is 1. The van der Waals surface area contributed by atoms with E-state index in [0.29, 0.717) is 17.9 Å². The Morgan fingerprint density at radius 3 is 2.59 bits per heavy atom. The lowest BCUT2D eigenvalue weighted by atomic mass is 10.1. The molecule has 0 saturated heterocycles. The van der Waals surface area contributed by atoms with E-state index < -0.39 is 9.84 Å². The summed E-state index contributed by atoms with van der Waals surface area (Å²) in [6.45, 7) is 2.34. The maximum Gasteiger partial charge on any atom is 0.149 e. The fourth-order valence-electron chi connectivity index (χ4n) is 1.97. The number of benzene rings is 1. The highest BCUT2D eigenvalue weighted by molar-refractivity contribution is 7.90. The molecule has 1 aromatic heterocycles. The van der Waals surface area contributed by atoms with E-state index in [1.165, 1.54) is 6.26 Å². The van der Waals surface area contributed by atoms with E-state index in [4.69, 9.17) is 5.26 Å². The van der Waals surface area contributed by atoms with E-state index >= 15 is 0 Å². The maximum absolute atomic E-state index is 11.1. The van der Waals surface area contributed by atoms with E-state index in [0.717, 1.165) is 5.56 Å². The molecular weight excluding hydrogens is 300 g/mol. The Bertz CT molecular complexity index is 773. The molecule has 0 bridgehead atoms. The molecule has 0 fully saturated rings. The summed E-state index contributed by atoms with van der Waals surface area (Å²) in [7, 11) is -2.99. The molecule has 1 N–H and O–H groups in total. The summed E-state index contributed by atoms with van der Waals surface area (Å²) < 4.78 is 23.9. The van der Waals surface area contributed by atoms with Crippen LogP contribution in [0, 0.1) is 11.3 Å². The largest absolute Gasteiger partial charge is 0.362 e. The summed E-state index contributed by atoms with van der Waals surface area (Å²) in [6.07, 6.45) is 2.96. The van der Waals surface area contributed by atoms with Crippen molar-refractivity contribution in [2.45, 2.75) is 19.5 Å². The van der Waals surface area contributed by atoms with Crippen LogP contribution >= 0.6 is 0 Å². The number of nitriles is 1. The van der Waals surface area contributed by atoms with Crippen molar-refractivity contribution in [3.05, 3.63) is 47.7 Å². The van der Waals surface area contributed by atoms with Gasteiger partial charge in [0.05, 0.1) is 23.9 Å². The van der Waals surface area contributed by atoms with Crippen LogP contribution < -0.4 is 5.32 Å². The van der Waals surface area contributed by atoms with Gasteiger partial charge in [0.15, 0.2) is 0 Å². The minimum absolute atomic E-state index is 0.0333. The second kappa shape index (κ2) is 6.62. The average molecular weight is 318 g/mol. The van der Waals surface area contributed by atoms with Gasteiger partial charge in [0, 0.05) is 24.6 Å². The molecule has 0 aliphatic heterocycles. The van der Waals surface area contributed by atoms with Crippen LogP contribution in [-0.2, 0) is 16.4 Å². The van der Waals surface area contributed by atoms with Gasteiger partial charge in [0.2, 0.25) is 0 Å². The molecule has 0 amide bonds. The molecule has 2 aromatic rings. The van der Waals surface area contributed by atoms with Crippen molar-refractivity contribution < 1.29 is 8.42 Å². The first-order valence-electron chi connectivity index (χ1n) is 6.85. The smallest absolute Gasteiger partial charge is 0.149 e. The molecule has 116 valence electrons. The Morgan fingerprint density at radius 2 is 2.00 bits per heavy atom. The van der Waals surface area contributed by atoms with E-state index in [-0.39, 0.29) is 11.8 Å². The van der Waals surface area contributed by atoms with Crippen LogP contribution in [0.3, 0.4) is 0 Å². The van der Waals surface area contributed by atoms with Gasteiger partial charge in [-0.25, -0.2) is 8.42 Å². The van der Waals surface area contributed by atoms with E-state index in [1.807, 2.05) is 25.1 Å². The molecule has 7 heteroatoms. The third-order valence-corrected chi connectivity index (χ3v) is 4.16. The molecule has 0 unspecified atom stereocenters. The van der Waals surface area contributed by atoms with Gasteiger partial charge in [-0.15, -0.1) is 0 Å². The number of hydrogen-bond acceptors (Lipinski definition) is 5. The van der Waals surface area contributed by atoms with Gasteiger partial charge in [0.1, 0.15) is 15.7 Å². The van der Waals surface area contributed by atoms with Crippen LogP contribution in [0.2, 0.25) is 0 Å². The average Bonchev–Trinajstić information content (AvgIpc) is 2.92. The second-order valence-electron chi connectivity index (χ2n) is 5.19. The Kier molecular flexibility index (Phi) is 4.83. The Balaban J connectivity index is 1.98. The molecule has 0 aliphatic rings. The lowest BCUT2D eigenvalue weighted by Gasteiger charge is -2.13. The fraction of sp³-hybridized carbons (Fsp3) is 0.333. The van der Waals surface area contributed by atoms with Crippen LogP contribution in [0.5, 0.6) is 0 Å². The lowest BCUT2D eigenvalue weighted by molar-refractivity contribution is 0.586. The Hall–Kier alpha value is -2.33. The molecule has 1 atom stereocenters. The van der Waals surface area contributed by atoms with Gasteiger partial charge in [-0.3, -0.25) is 4.68 Å². The monoisotopic (exact) mass is 318 g/mol. The van der Waals surface area contributed by atoms with Crippen molar-refractivity contribution in [3.8, 4) is 6.07 Å². The maximum atomic E-state index is 11.1. The summed E-state index contributed by atoms with van der Waals surface area (Å²) in [4.78, 5) is 0. The topological polar surface area (TPSA) is 87.8 Å². The van der Waals surface area contributed by atoms with Gasteiger partial charge in [-0.2, -0.15) is 10.4 Å². The molecule has 6 nitrogen and oxygen atoms in total. The highest BCUT2D eigenvalue weighted by Gasteiger charge is 2.08. The number of rotatable bonds is 6. The van der Waals surface area contributed by atoms with Crippen molar-refractivity contribution in [3.63, 3.8) is 0 Å². The Labute approximate surface area is 130 Å². The standard InChI is InChI=1S/C15H18N4O2S/c1-12(14-5-3-13(11-16)4-6-14)17-15-7-8-19(18-15)9-10-22(2,20)21/h3-8,12H,9-10H2,1-2H3,(H,17,18)/t12-/m1/s1. The third-order valence-electron chi connectivity index (χ3n) is 3.24. The zero-order valence-electron chi connectivity index (χ0n) is 12.5. The summed E-state index contributed by atoms with van der Waals surface area (Å²) in [5.74, 6) is 0.754. The summed E-state index contributed by atoms with van der Waals surface area (Å²) in [5, 5.41) is 16.3. The first-order chi connectivity index (χ1) is 10.4. The van der Waals surface area contributed by atoms with Crippen molar-refractivity contribution in [2.75, 3.05) is 17.3 Å². The van der Waals surface area contributed by atoms with Gasteiger partial charge in [0.25, 0.3) is 0 Å². The molecule has 0 radical (unpaired) electrons. The highest BCUT2D eigenvalue weighted by atomic mass is 32.2. The zero-order valence-corrected chi connectivity index (χ0v) is 13.3. The van der Waals surface area contributed by atoms with Crippen molar-refractivity contribution in [2.24, 2.45) is 0 Å².